The van der Waals surface area contributed by atoms with Gasteiger partial charge in [0.05, 0.1) is 11.4 Å². The van der Waals surface area contributed by atoms with Crippen LogP contribution in [0, 0.1) is 6.92 Å². The summed E-state index contributed by atoms with van der Waals surface area (Å²) in [5.41, 5.74) is 3.11. The van der Waals surface area contributed by atoms with E-state index in [2.05, 4.69) is 0 Å². The zero-order valence-electron chi connectivity index (χ0n) is 14.5. The van der Waals surface area contributed by atoms with E-state index in [4.69, 9.17) is 0 Å². The van der Waals surface area contributed by atoms with Crippen LogP contribution in [0.4, 0.5) is 4.39 Å². The van der Waals surface area contributed by atoms with Crippen molar-refractivity contribution in [2.75, 3.05) is 0 Å². The summed E-state index contributed by atoms with van der Waals surface area (Å²) in [6.07, 6.45) is 2.26. The third-order valence-electron chi connectivity index (χ3n) is 4.51. The summed E-state index contributed by atoms with van der Waals surface area (Å²) in [5, 5.41) is 0. The standard InChI is InChI=1S/C20H22FNO2S/c1-3-4-8-19-18-9-6-5-7-16(18)14-22(20(19)21)25(23,24)17-12-10-15(2)11-13-17/h5-7,9-13H,3-4,8,14H2,1-2H3. The van der Waals surface area contributed by atoms with Crippen molar-refractivity contribution in [1.82, 2.24) is 4.31 Å². The third kappa shape index (κ3) is 3.33. The molecule has 25 heavy (non-hydrogen) atoms. The highest BCUT2D eigenvalue weighted by Gasteiger charge is 2.33. The van der Waals surface area contributed by atoms with Crippen LogP contribution in [0.3, 0.4) is 0 Å². The van der Waals surface area contributed by atoms with E-state index >= 15 is 4.39 Å². The Morgan fingerprint density at radius 3 is 2.44 bits per heavy atom. The normalized spacial score (nSPS) is 14.6. The molecular weight excluding hydrogens is 337 g/mol. The van der Waals surface area contributed by atoms with Gasteiger partial charge in [0.2, 0.25) is 5.95 Å². The average Bonchev–Trinajstić information content (AvgIpc) is 2.61. The molecule has 1 aliphatic heterocycles. The fraction of sp³-hybridized carbons (Fsp3) is 0.300. The molecule has 0 fully saturated rings. The number of fused-ring (bicyclic) bond motifs is 1. The molecule has 0 radical (unpaired) electrons. The van der Waals surface area contributed by atoms with Crippen LogP contribution in [0.1, 0.15) is 42.9 Å². The molecule has 3 nitrogen and oxygen atoms in total. The van der Waals surface area contributed by atoms with Gasteiger partial charge in [-0.05, 0) is 43.0 Å². The number of halogens is 1. The molecule has 0 bridgehead atoms. The van der Waals surface area contributed by atoms with Crippen molar-refractivity contribution in [1.29, 1.82) is 0 Å². The van der Waals surface area contributed by atoms with Gasteiger partial charge in [-0.2, -0.15) is 4.39 Å². The molecule has 0 aromatic heterocycles. The number of hydrogen-bond acceptors (Lipinski definition) is 2. The lowest BCUT2D eigenvalue weighted by Gasteiger charge is -2.30. The average molecular weight is 359 g/mol. The van der Waals surface area contributed by atoms with Crippen molar-refractivity contribution < 1.29 is 12.8 Å². The minimum Gasteiger partial charge on any atom is -0.237 e. The topological polar surface area (TPSA) is 37.4 Å². The van der Waals surface area contributed by atoms with Crippen LogP contribution in [0.5, 0.6) is 0 Å². The monoisotopic (exact) mass is 359 g/mol. The van der Waals surface area contributed by atoms with E-state index in [-0.39, 0.29) is 11.4 Å². The van der Waals surface area contributed by atoms with Gasteiger partial charge >= 0.3 is 0 Å². The first-order chi connectivity index (χ1) is 11.9. The van der Waals surface area contributed by atoms with Gasteiger partial charge in [0, 0.05) is 5.57 Å². The van der Waals surface area contributed by atoms with E-state index in [1.165, 1.54) is 12.1 Å². The molecule has 0 spiro atoms. The summed E-state index contributed by atoms with van der Waals surface area (Å²) in [6.45, 7) is 3.94. The van der Waals surface area contributed by atoms with Gasteiger partial charge in [-0.3, -0.25) is 0 Å². The van der Waals surface area contributed by atoms with Crippen LogP contribution in [0.15, 0.2) is 59.4 Å². The number of allylic oxidation sites excluding steroid dienone is 1. The van der Waals surface area contributed by atoms with E-state index in [0.717, 1.165) is 33.8 Å². The maximum Gasteiger partial charge on any atom is 0.266 e. The Balaban J connectivity index is 2.09. The summed E-state index contributed by atoms with van der Waals surface area (Å²) in [6, 6.07) is 14.0. The van der Waals surface area contributed by atoms with Gasteiger partial charge in [-0.1, -0.05) is 55.3 Å². The molecule has 0 saturated heterocycles. The van der Waals surface area contributed by atoms with Crippen molar-refractivity contribution in [3.8, 4) is 0 Å². The van der Waals surface area contributed by atoms with Gasteiger partial charge in [-0.25, -0.2) is 12.7 Å². The second-order valence-electron chi connectivity index (χ2n) is 6.35. The molecule has 0 amide bonds. The Morgan fingerprint density at radius 1 is 1.08 bits per heavy atom. The molecule has 0 unspecified atom stereocenters. The van der Waals surface area contributed by atoms with Crippen LogP contribution in [0.2, 0.25) is 0 Å². The molecule has 0 N–H and O–H groups in total. The second-order valence-corrected chi connectivity index (χ2v) is 8.22. The van der Waals surface area contributed by atoms with Crippen molar-refractivity contribution in [3.63, 3.8) is 0 Å². The minimum atomic E-state index is -3.93. The maximum atomic E-state index is 15.2. The van der Waals surface area contributed by atoms with E-state index in [1.54, 1.807) is 12.1 Å². The van der Waals surface area contributed by atoms with Gasteiger partial charge in [0.15, 0.2) is 0 Å². The fourth-order valence-electron chi connectivity index (χ4n) is 3.06. The predicted molar refractivity (Wildman–Crippen MR) is 97.9 cm³/mol. The first kappa shape index (κ1) is 17.7. The summed E-state index contributed by atoms with van der Waals surface area (Å²) < 4.78 is 42.1. The maximum absolute atomic E-state index is 15.2. The number of sulfonamides is 1. The van der Waals surface area contributed by atoms with Crippen LogP contribution in [-0.4, -0.2) is 12.7 Å². The molecule has 1 aliphatic rings. The minimum absolute atomic E-state index is 0.0217. The Morgan fingerprint density at radius 2 is 1.76 bits per heavy atom. The number of unbranched alkanes of at least 4 members (excludes halogenated alkanes) is 1. The molecule has 5 heteroatoms. The van der Waals surface area contributed by atoms with E-state index in [0.29, 0.717) is 12.0 Å². The number of nitrogens with zero attached hydrogens (tertiary/aromatic N) is 1. The zero-order valence-corrected chi connectivity index (χ0v) is 15.3. The Labute approximate surface area is 148 Å². The molecule has 2 aromatic rings. The summed E-state index contributed by atoms with van der Waals surface area (Å²) in [5.74, 6) is -0.646. The van der Waals surface area contributed by atoms with Crippen molar-refractivity contribution in [2.24, 2.45) is 0 Å². The Hall–Kier alpha value is -2.14. The predicted octanol–water partition coefficient (Wildman–Crippen LogP) is 5.03. The third-order valence-corrected chi connectivity index (χ3v) is 6.25. The van der Waals surface area contributed by atoms with Gasteiger partial charge < -0.3 is 0 Å². The summed E-state index contributed by atoms with van der Waals surface area (Å²) in [7, 11) is -3.93. The van der Waals surface area contributed by atoms with Crippen LogP contribution >= 0.6 is 0 Å². The van der Waals surface area contributed by atoms with E-state index in [1.807, 2.05) is 38.1 Å². The first-order valence-corrected chi connectivity index (χ1v) is 9.95. The lowest BCUT2D eigenvalue weighted by Crippen LogP contribution is -2.32. The molecule has 132 valence electrons. The highest BCUT2D eigenvalue weighted by molar-refractivity contribution is 7.89. The van der Waals surface area contributed by atoms with Crippen molar-refractivity contribution >= 4 is 15.6 Å². The number of rotatable bonds is 5. The zero-order chi connectivity index (χ0) is 18.0. The lowest BCUT2D eigenvalue weighted by atomic mass is 9.94. The molecule has 0 aliphatic carbocycles. The molecular formula is C20H22FNO2S. The van der Waals surface area contributed by atoms with Gasteiger partial charge in [-0.15, -0.1) is 0 Å². The molecule has 0 atom stereocenters. The fourth-order valence-corrected chi connectivity index (χ4v) is 4.42. The van der Waals surface area contributed by atoms with Crippen molar-refractivity contribution in [2.45, 2.75) is 44.6 Å². The number of benzene rings is 2. The van der Waals surface area contributed by atoms with Crippen LogP contribution < -0.4 is 0 Å². The largest absolute Gasteiger partial charge is 0.266 e. The summed E-state index contributed by atoms with van der Waals surface area (Å²) >= 11 is 0. The van der Waals surface area contributed by atoms with Gasteiger partial charge in [0.25, 0.3) is 10.0 Å². The van der Waals surface area contributed by atoms with E-state index < -0.39 is 16.0 Å². The first-order valence-electron chi connectivity index (χ1n) is 8.51. The van der Waals surface area contributed by atoms with E-state index in [9.17, 15) is 8.42 Å². The highest BCUT2D eigenvalue weighted by Crippen LogP contribution is 2.38. The number of hydrogen-bond donors (Lipinski definition) is 0. The smallest absolute Gasteiger partial charge is 0.237 e. The number of aryl methyl sites for hydroxylation is 1. The molecule has 0 saturated carbocycles. The van der Waals surface area contributed by atoms with Crippen LogP contribution in [0.25, 0.3) is 5.57 Å². The second kappa shape index (κ2) is 7.00. The molecule has 3 rings (SSSR count). The summed E-state index contributed by atoms with van der Waals surface area (Å²) in [4.78, 5) is 0.113. The Kier molecular flexibility index (Phi) is 4.95. The molecule has 2 aromatic carbocycles. The Bertz CT molecular complexity index is 902. The van der Waals surface area contributed by atoms with Crippen molar-refractivity contribution in [3.05, 3.63) is 71.2 Å². The van der Waals surface area contributed by atoms with Crippen LogP contribution in [-0.2, 0) is 16.6 Å². The SMILES string of the molecule is CCCCC1=C(F)N(S(=O)(=O)c2ccc(C)cc2)Cc2ccccc21. The quantitative estimate of drug-likeness (QED) is 0.702. The molecule has 1 heterocycles. The van der Waals surface area contributed by atoms with Gasteiger partial charge in [0.1, 0.15) is 0 Å². The highest BCUT2D eigenvalue weighted by atomic mass is 32.2. The lowest BCUT2D eigenvalue weighted by molar-refractivity contribution is 0.373.